The number of aliphatic hydroxyl groups excluding tert-OH is 1. The number of hydrogen-bond donors (Lipinski definition) is 5. The van der Waals surface area contributed by atoms with Crippen molar-refractivity contribution < 1.29 is 68.2 Å². The van der Waals surface area contributed by atoms with Crippen molar-refractivity contribution in [2.45, 2.75) is 177 Å². The molecule has 2 aliphatic carbocycles. The fourth-order valence-corrected chi connectivity index (χ4v) is 6.96. The van der Waals surface area contributed by atoms with Crippen LogP contribution >= 0.6 is 0 Å². The quantitative estimate of drug-likeness (QED) is 0.0421. The number of carboxylic acid groups (broad SMARTS) is 3. The lowest BCUT2D eigenvalue weighted by Crippen LogP contribution is -2.46. The van der Waals surface area contributed by atoms with Crippen LogP contribution in [0.2, 0.25) is 0 Å². The van der Waals surface area contributed by atoms with E-state index in [1.54, 1.807) is 41.5 Å². The second-order valence-electron chi connectivity index (χ2n) is 18.2. The van der Waals surface area contributed by atoms with Gasteiger partial charge in [-0.3, -0.25) is 33.7 Å². The number of aliphatic hydroxyl groups is 1. The van der Waals surface area contributed by atoms with Gasteiger partial charge >= 0.3 is 35.8 Å². The van der Waals surface area contributed by atoms with Crippen LogP contribution in [0.1, 0.15) is 159 Å². The third-order valence-corrected chi connectivity index (χ3v) is 12.5. The van der Waals surface area contributed by atoms with Gasteiger partial charge in [0.2, 0.25) is 12.0 Å². The molecule has 3 aliphatic rings. The van der Waals surface area contributed by atoms with Gasteiger partial charge in [0, 0.05) is 12.5 Å². The summed E-state index contributed by atoms with van der Waals surface area (Å²) in [5.74, 6) is -5.71. The topological polar surface area (TPSA) is 243 Å². The number of carboxylic acids is 3. The Labute approximate surface area is 356 Å². The van der Waals surface area contributed by atoms with Gasteiger partial charge in [0.1, 0.15) is 31.4 Å². The SMILES string of the molecule is CCC(C)(C)C(=O)OC(C(=O)O)C1CCCCC1.CCC(C)(C)C(=O)OCC(O)N1CCCC1C(=O)O.CCC(C)(C)C(=O)OCCNC(=O)C(C(=O)O)C1CCCCC1. The molecule has 1 saturated heterocycles. The first-order chi connectivity index (χ1) is 28.0. The van der Waals surface area contributed by atoms with Crippen LogP contribution in [-0.4, -0.2) is 112 Å². The Morgan fingerprint density at radius 3 is 1.55 bits per heavy atom. The average Bonchev–Trinajstić information content (AvgIpc) is 3.72. The maximum atomic E-state index is 12.1. The number of nitrogens with one attached hydrogen (secondary N) is 1. The summed E-state index contributed by atoms with van der Waals surface area (Å²) in [6, 6.07) is -0.687. The zero-order chi connectivity index (χ0) is 45.8. The maximum Gasteiger partial charge on any atom is 0.345 e. The lowest BCUT2D eigenvalue weighted by molar-refractivity contribution is -0.175. The molecule has 0 aromatic rings. The number of rotatable bonds is 19. The standard InChI is InChI=1S/C17H29NO5.C14H24O4.C13H23NO5/c1-4-17(2,3)16(22)23-11-10-18-14(19)13(15(20)21)12-8-6-5-7-9-12;1-4-14(2,3)13(17)18-11(12(15)16)10-8-6-5-7-9-10;1-4-13(2,3)12(18)19-8-10(15)14-7-5-6-9(14)11(16)17/h12-13H,4-11H2,1-3H3,(H,18,19)(H,20,21);10-11H,4-9H2,1-3H3,(H,15,16);9-10,15H,4-8H2,1-3H3,(H,16,17). The normalized spacial score (nSPS) is 19.5. The summed E-state index contributed by atoms with van der Waals surface area (Å²) in [7, 11) is 0. The van der Waals surface area contributed by atoms with Gasteiger partial charge in [-0.25, -0.2) is 4.79 Å². The Morgan fingerprint density at radius 1 is 0.633 bits per heavy atom. The maximum absolute atomic E-state index is 12.1. The van der Waals surface area contributed by atoms with Gasteiger partial charge in [0.15, 0.2) is 0 Å². The van der Waals surface area contributed by atoms with Crippen LogP contribution < -0.4 is 5.32 Å². The first kappa shape index (κ1) is 54.2. The predicted molar refractivity (Wildman–Crippen MR) is 222 cm³/mol. The van der Waals surface area contributed by atoms with Crippen molar-refractivity contribution in [1.29, 1.82) is 0 Å². The van der Waals surface area contributed by atoms with Crippen LogP contribution in [0.15, 0.2) is 0 Å². The lowest BCUT2D eigenvalue weighted by Gasteiger charge is -2.30. The van der Waals surface area contributed by atoms with Crippen LogP contribution in [-0.2, 0) is 47.8 Å². The van der Waals surface area contributed by atoms with Crippen molar-refractivity contribution in [3.05, 3.63) is 0 Å². The molecule has 3 rings (SSSR count). The summed E-state index contributed by atoms with van der Waals surface area (Å²) in [5, 5.41) is 40.1. The van der Waals surface area contributed by atoms with E-state index in [1.807, 2.05) is 20.8 Å². The molecule has 60 heavy (non-hydrogen) atoms. The molecule has 0 bridgehead atoms. The van der Waals surface area contributed by atoms with Gasteiger partial charge in [-0.15, -0.1) is 0 Å². The average molecular weight is 857 g/mol. The number of nitrogens with zero attached hydrogens (tertiary/aromatic N) is 1. The minimum atomic E-state index is -1.07. The fourth-order valence-electron chi connectivity index (χ4n) is 6.96. The predicted octanol–water partition coefficient (Wildman–Crippen LogP) is 6.20. The van der Waals surface area contributed by atoms with E-state index < -0.39 is 70.3 Å². The first-order valence-corrected chi connectivity index (χ1v) is 21.9. The minimum absolute atomic E-state index is 0.0205. The Morgan fingerprint density at radius 2 is 1.10 bits per heavy atom. The molecule has 346 valence electrons. The molecule has 16 nitrogen and oxygen atoms in total. The van der Waals surface area contributed by atoms with Gasteiger partial charge < -0.3 is 40.0 Å². The van der Waals surface area contributed by atoms with Gasteiger partial charge in [0.25, 0.3) is 0 Å². The molecule has 3 fully saturated rings. The Hall–Kier alpha value is -3.79. The Bertz CT molecular complexity index is 1400. The molecule has 5 N–H and O–H groups in total. The number of carbonyl (C=O) groups is 7. The summed E-state index contributed by atoms with van der Waals surface area (Å²) >= 11 is 0. The monoisotopic (exact) mass is 857 g/mol. The van der Waals surface area contributed by atoms with Crippen molar-refractivity contribution in [1.82, 2.24) is 10.2 Å². The molecule has 0 spiro atoms. The fraction of sp³-hybridized carbons (Fsp3) is 0.841. The molecule has 4 unspecified atom stereocenters. The highest BCUT2D eigenvalue weighted by Crippen LogP contribution is 2.32. The summed E-state index contributed by atoms with van der Waals surface area (Å²) in [4.78, 5) is 82.8. The van der Waals surface area contributed by atoms with E-state index in [1.165, 1.54) is 4.90 Å². The van der Waals surface area contributed by atoms with Crippen LogP contribution in [0.25, 0.3) is 0 Å². The van der Waals surface area contributed by atoms with E-state index in [-0.39, 0.29) is 43.5 Å². The smallest absolute Gasteiger partial charge is 0.345 e. The van der Waals surface area contributed by atoms with Crippen molar-refractivity contribution in [3.8, 4) is 0 Å². The Balaban J connectivity index is 0.000000454. The third kappa shape index (κ3) is 17.7. The molecule has 4 atom stereocenters. The summed E-state index contributed by atoms with van der Waals surface area (Å²) in [5.41, 5.74) is -1.74. The number of likely N-dealkylation sites (tertiary alicyclic amines) is 1. The number of aliphatic carboxylic acids is 3. The molecule has 0 radical (unpaired) electrons. The zero-order valence-electron chi connectivity index (χ0n) is 37.7. The van der Waals surface area contributed by atoms with Crippen molar-refractivity contribution in [2.24, 2.45) is 34.0 Å². The van der Waals surface area contributed by atoms with Gasteiger partial charge in [-0.05, 0) is 105 Å². The van der Waals surface area contributed by atoms with E-state index in [9.17, 15) is 48.9 Å². The van der Waals surface area contributed by atoms with Gasteiger partial charge in [0.05, 0.1) is 22.8 Å². The number of hydrogen-bond acceptors (Lipinski definition) is 12. The molecular weight excluding hydrogens is 780 g/mol. The van der Waals surface area contributed by atoms with E-state index in [4.69, 9.17) is 19.3 Å². The van der Waals surface area contributed by atoms with E-state index in [0.717, 1.165) is 70.6 Å². The molecule has 1 heterocycles. The summed E-state index contributed by atoms with van der Waals surface area (Å²) in [6.45, 7) is 16.9. The molecule has 2 saturated carbocycles. The highest BCUT2D eigenvalue weighted by molar-refractivity contribution is 5.97. The van der Waals surface area contributed by atoms with Crippen LogP contribution in [0.4, 0.5) is 0 Å². The molecular formula is C44H76N2O14. The first-order valence-electron chi connectivity index (χ1n) is 21.9. The lowest BCUT2D eigenvalue weighted by atomic mass is 9.79. The number of esters is 3. The van der Waals surface area contributed by atoms with Crippen molar-refractivity contribution in [3.63, 3.8) is 0 Å². The molecule has 0 aromatic carbocycles. The van der Waals surface area contributed by atoms with Crippen LogP contribution in [0.3, 0.4) is 0 Å². The Kier molecular flexibility index (Phi) is 23.4. The van der Waals surface area contributed by atoms with Gasteiger partial charge in [-0.1, -0.05) is 59.3 Å². The van der Waals surface area contributed by atoms with Crippen LogP contribution in [0, 0.1) is 34.0 Å². The highest BCUT2D eigenvalue weighted by atomic mass is 16.6. The molecule has 0 aromatic heterocycles. The zero-order valence-corrected chi connectivity index (χ0v) is 37.7. The minimum Gasteiger partial charge on any atom is -0.481 e. The number of carbonyl (C=O) groups excluding carboxylic acids is 4. The summed E-state index contributed by atoms with van der Waals surface area (Å²) in [6.07, 6.45) is 10.7. The van der Waals surface area contributed by atoms with E-state index in [0.29, 0.717) is 32.2 Å². The van der Waals surface area contributed by atoms with E-state index >= 15 is 0 Å². The molecule has 1 amide bonds. The number of amides is 1. The largest absolute Gasteiger partial charge is 0.481 e. The highest BCUT2D eigenvalue weighted by Gasteiger charge is 2.39. The van der Waals surface area contributed by atoms with Gasteiger partial charge in [-0.2, -0.15) is 0 Å². The van der Waals surface area contributed by atoms with Crippen molar-refractivity contribution in [2.75, 3.05) is 26.3 Å². The molecule has 16 heteroatoms. The van der Waals surface area contributed by atoms with Crippen LogP contribution in [0.5, 0.6) is 0 Å². The number of ether oxygens (including phenoxy) is 3. The third-order valence-electron chi connectivity index (χ3n) is 12.5. The second-order valence-corrected chi connectivity index (χ2v) is 18.2. The molecule has 1 aliphatic heterocycles. The second kappa shape index (κ2) is 25.9. The van der Waals surface area contributed by atoms with Crippen molar-refractivity contribution >= 4 is 41.7 Å². The van der Waals surface area contributed by atoms with E-state index in [2.05, 4.69) is 5.32 Å². The summed E-state index contributed by atoms with van der Waals surface area (Å²) < 4.78 is 15.5.